The summed E-state index contributed by atoms with van der Waals surface area (Å²) in [4.78, 5) is 0. The van der Waals surface area contributed by atoms with Crippen molar-refractivity contribution in [3.05, 3.63) is 53.8 Å². The maximum absolute atomic E-state index is 11.5. The van der Waals surface area contributed by atoms with Gasteiger partial charge in [0.05, 0.1) is 6.61 Å². The fourth-order valence-corrected chi connectivity index (χ4v) is 1.48. The van der Waals surface area contributed by atoms with Crippen molar-refractivity contribution in [1.29, 1.82) is 0 Å². The topological polar surface area (TPSA) is 32.3 Å². The van der Waals surface area contributed by atoms with Gasteiger partial charge in [-0.15, -0.1) is 5.73 Å². The Balaban J connectivity index is 0.00000324. The molecule has 0 saturated heterocycles. The second kappa shape index (κ2) is 12.3. The van der Waals surface area contributed by atoms with Gasteiger partial charge in [-0.1, -0.05) is 55.9 Å². The fraction of sp³-hybridized carbons (Fsp3) is 0.438. The van der Waals surface area contributed by atoms with Gasteiger partial charge >= 0.3 is 18.9 Å². The first kappa shape index (κ1) is 18.3. The molecule has 0 spiro atoms. The molecule has 0 aliphatic carbocycles. The second-order valence-electron chi connectivity index (χ2n) is 4.22. The molecule has 1 atom stereocenters. The molecule has 0 aromatic heterocycles. The maximum atomic E-state index is 11.5. The van der Waals surface area contributed by atoms with Crippen molar-refractivity contribution in [3.8, 4) is 0 Å². The predicted molar refractivity (Wildman–Crippen MR) is 72.1 cm³/mol. The van der Waals surface area contributed by atoms with E-state index in [2.05, 4.69) is 12.7 Å². The second-order valence-corrected chi connectivity index (χ2v) is 4.22. The van der Waals surface area contributed by atoms with Crippen molar-refractivity contribution in [3.63, 3.8) is 0 Å². The van der Waals surface area contributed by atoms with Crippen LogP contribution in [0.5, 0.6) is 0 Å². The Morgan fingerprint density at radius 1 is 1.32 bits per heavy atom. The van der Waals surface area contributed by atoms with Gasteiger partial charge in [-0.2, -0.15) is 0 Å². The molecule has 0 aliphatic heterocycles. The van der Waals surface area contributed by atoms with Crippen molar-refractivity contribution < 1.29 is 28.7 Å². The Labute approximate surface area is 128 Å². The van der Waals surface area contributed by atoms with Crippen LogP contribution in [0.15, 0.2) is 48.2 Å². The van der Waals surface area contributed by atoms with E-state index in [-0.39, 0.29) is 25.5 Å². The number of unbranched alkanes of at least 4 members (excludes halogenated alkanes) is 2. The van der Waals surface area contributed by atoms with E-state index < -0.39 is 6.10 Å². The van der Waals surface area contributed by atoms with Crippen LogP contribution in [0.4, 0.5) is 0 Å². The van der Waals surface area contributed by atoms with Gasteiger partial charge in [0.15, 0.2) is 0 Å². The van der Waals surface area contributed by atoms with Gasteiger partial charge < -0.3 is 9.84 Å². The molecule has 0 saturated carbocycles. The minimum Gasteiger partial charge on any atom is -0.847 e. The first-order valence-electron chi connectivity index (χ1n) is 6.51. The average molecular weight is 252 g/mol. The molecule has 0 aliphatic rings. The third kappa shape index (κ3) is 9.79. The van der Waals surface area contributed by atoms with Gasteiger partial charge in [-0.05, 0) is 24.5 Å². The van der Waals surface area contributed by atoms with Crippen LogP contribution in [0, 0.1) is 0 Å². The monoisotopic (exact) mass is 252 g/mol. The third-order valence-corrected chi connectivity index (χ3v) is 2.50. The van der Waals surface area contributed by atoms with E-state index in [0.717, 1.165) is 18.4 Å². The van der Waals surface area contributed by atoms with Crippen LogP contribution in [0.1, 0.15) is 31.7 Å². The zero-order chi connectivity index (χ0) is 13.1. The summed E-state index contributed by atoms with van der Waals surface area (Å²) in [5.41, 5.74) is 4.02. The Morgan fingerprint density at radius 2 is 2.05 bits per heavy atom. The molecule has 98 valence electrons. The van der Waals surface area contributed by atoms with Gasteiger partial charge in [0.2, 0.25) is 0 Å². The van der Waals surface area contributed by atoms with Gasteiger partial charge in [0, 0.05) is 6.61 Å². The van der Waals surface area contributed by atoms with E-state index in [1.54, 1.807) is 6.08 Å². The van der Waals surface area contributed by atoms with E-state index in [1.165, 1.54) is 6.42 Å². The first-order valence-corrected chi connectivity index (χ1v) is 6.51. The minimum atomic E-state index is -0.827. The first-order chi connectivity index (χ1) is 8.83. The van der Waals surface area contributed by atoms with Crippen LogP contribution in [0.25, 0.3) is 0 Å². The van der Waals surface area contributed by atoms with Crippen LogP contribution < -0.4 is 24.0 Å². The van der Waals surface area contributed by atoms with Crippen LogP contribution in [-0.4, -0.2) is 12.7 Å². The summed E-state index contributed by atoms with van der Waals surface area (Å²) in [5, 5.41) is 11.5. The van der Waals surface area contributed by atoms with Gasteiger partial charge in [-0.3, -0.25) is 0 Å². The molecule has 3 heteroatoms. The smallest absolute Gasteiger partial charge is 0.847 e. The molecule has 0 radical (unpaired) electrons. The quantitative estimate of drug-likeness (QED) is 0.366. The molecular formula is C16H21LiO2. The van der Waals surface area contributed by atoms with Crippen molar-refractivity contribution >= 4 is 0 Å². The summed E-state index contributed by atoms with van der Waals surface area (Å²) >= 11 is 0. The Kier molecular flexibility index (Phi) is 11.8. The molecule has 0 heterocycles. The molecule has 0 bridgehead atoms. The normalized spacial score (nSPS) is 11.1. The number of hydrogen-bond acceptors (Lipinski definition) is 2. The molecule has 1 rings (SSSR count). The van der Waals surface area contributed by atoms with Crippen LogP contribution in [0.3, 0.4) is 0 Å². The van der Waals surface area contributed by atoms with E-state index in [1.807, 2.05) is 36.4 Å². The van der Waals surface area contributed by atoms with Gasteiger partial charge in [0.1, 0.15) is 0 Å². The van der Waals surface area contributed by atoms with E-state index in [9.17, 15) is 5.11 Å². The third-order valence-electron chi connectivity index (χ3n) is 2.50. The van der Waals surface area contributed by atoms with Crippen LogP contribution in [0.2, 0.25) is 0 Å². The Bertz CT molecular complexity index is 370. The summed E-state index contributed by atoms with van der Waals surface area (Å²) in [6.45, 7) is 2.84. The molecule has 0 amide bonds. The van der Waals surface area contributed by atoms with Crippen molar-refractivity contribution in [2.45, 2.75) is 38.9 Å². The molecule has 0 N–H and O–H groups in total. The number of benzene rings is 1. The molecule has 1 aromatic carbocycles. The standard InChI is InChI=1S/C16H21O2.Li/c1-2-3-4-5-9-12-16(17)14-18-13-15-10-7-6-8-11-15;/h5-8,10-12,16H,2-4,13-14H2,1H3;/q-1;+1/t9?,16-;/m0./s1. The van der Waals surface area contributed by atoms with Crippen LogP contribution in [-0.2, 0) is 11.3 Å². The fourth-order valence-electron chi connectivity index (χ4n) is 1.48. The Morgan fingerprint density at radius 3 is 2.74 bits per heavy atom. The molecule has 19 heavy (non-hydrogen) atoms. The van der Waals surface area contributed by atoms with E-state index in [0.29, 0.717) is 6.61 Å². The Hall–Kier alpha value is -0.743. The van der Waals surface area contributed by atoms with Crippen molar-refractivity contribution in [1.82, 2.24) is 0 Å². The summed E-state index contributed by atoms with van der Waals surface area (Å²) in [6, 6.07) is 9.86. The van der Waals surface area contributed by atoms with Crippen LogP contribution >= 0.6 is 0 Å². The molecule has 2 nitrogen and oxygen atoms in total. The SMILES string of the molecule is CCCCC=C=C[C@H]([O-])COCc1ccccc1.[Li+]. The molecule has 1 aromatic rings. The summed E-state index contributed by atoms with van der Waals surface area (Å²) in [5.74, 6) is 0. The largest absolute Gasteiger partial charge is 1.00 e. The molecule has 0 fully saturated rings. The summed E-state index contributed by atoms with van der Waals surface area (Å²) < 4.78 is 5.36. The summed E-state index contributed by atoms with van der Waals surface area (Å²) in [6.07, 6.45) is 5.94. The zero-order valence-corrected chi connectivity index (χ0v) is 12.0. The molecular weight excluding hydrogens is 231 g/mol. The predicted octanol–water partition coefficient (Wildman–Crippen LogP) is -0.162. The van der Waals surface area contributed by atoms with E-state index in [4.69, 9.17) is 4.74 Å². The minimum absolute atomic E-state index is 0. The van der Waals surface area contributed by atoms with Crippen molar-refractivity contribution in [2.24, 2.45) is 0 Å². The number of ether oxygens (including phenoxy) is 1. The average Bonchev–Trinajstić information content (AvgIpc) is 2.40. The number of rotatable bonds is 8. The molecule has 0 unspecified atom stereocenters. The number of hydrogen-bond donors (Lipinski definition) is 0. The maximum Gasteiger partial charge on any atom is 1.00 e. The summed E-state index contributed by atoms with van der Waals surface area (Å²) in [7, 11) is 0. The van der Waals surface area contributed by atoms with E-state index >= 15 is 0 Å². The van der Waals surface area contributed by atoms with Gasteiger partial charge in [0.25, 0.3) is 0 Å². The van der Waals surface area contributed by atoms with Gasteiger partial charge in [-0.25, -0.2) is 0 Å². The zero-order valence-electron chi connectivity index (χ0n) is 12.0. The van der Waals surface area contributed by atoms with Crippen molar-refractivity contribution in [2.75, 3.05) is 6.61 Å².